The van der Waals surface area contributed by atoms with Crippen LogP contribution in [0.3, 0.4) is 0 Å². The van der Waals surface area contributed by atoms with Crippen molar-refractivity contribution in [2.45, 2.75) is 20.4 Å². The third-order valence-corrected chi connectivity index (χ3v) is 4.83. The second-order valence-corrected chi connectivity index (χ2v) is 6.30. The van der Waals surface area contributed by atoms with Crippen LogP contribution in [0.4, 0.5) is 5.95 Å². The van der Waals surface area contributed by atoms with E-state index >= 15 is 0 Å². The summed E-state index contributed by atoms with van der Waals surface area (Å²) in [7, 11) is 1.66. The molecule has 0 bridgehead atoms. The van der Waals surface area contributed by atoms with E-state index in [1.807, 2.05) is 30.7 Å². The molecule has 0 atom stereocenters. The lowest BCUT2D eigenvalue weighted by Gasteiger charge is -2.15. The molecular weight excluding hydrogens is 382 g/mol. The molecule has 3 heterocycles. The van der Waals surface area contributed by atoms with Crippen LogP contribution in [0.25, 0.3) is 11.0 Å². The van der Waals surface area contributed by atoms with Gasteiger partial charge in [-0.1, -0.05) is 11.6 Å². The smallest absolute Gasteiger partial charge is 0.223 e. The van der Waals surface area contributed by atoms with Crippen molar-refractivity contribution in [1.82, 2.24) is 19.5 Å². The molecule has 0 saturated carbocycles. The molecule has 6 nitrogen and oxygen atoms in total. The molecular formula is C15H15BrClN5O. The first-order valence-electron chi connectivity index (χ1n) is 6.89. The molecule has 8 heteroatoms. The topological polar surface area (TPSA) is 78.8 Å². The minimum absolute atomic E-state index is 0.148. The fourth-order valence-electron chi connectivity index (χ4n) is 2.59. The van der Waals surface area contributed by atoms with Crippen molar-refractivity contribution in [2.75, 3.05) is 12.8 Å². The number of hydrogen-bond donors (Lipinski definition) is 1. The van der Waals surface area contributed by atoms with Crippen molar-refractivity contribution in [1.29, 1.82) is 0 Å². The summed E-state index contributed by atoms with van der Waals surface area (Å²) in [6.45, 7) is 4.48. The van der Waals surface area contributed by atoms with Gasteiger partial charge in [-0.05, 0) is 35.8 Å². The summed E-state index contributed by atoms with van der Waals surface area (Å²) >= 11 is 9.60. The molecule has 120 valence electrons. The zero-order valence-electron chi connectivity index (χ0n) is 12.9. The van der Waals surface area contributed by atoms with Crippen molar-refractivity contribution in [3.63, 3.8) is 0 Å². The highest BCUT2D eigenvalue weighted by atomic mass is 79.9. The van der Waals surface area contributed by atoms with Crippen molar-refractivity contribution < 1.29 is 4.74 Å². The third kappa shape index (κ3) is 2.74. The van der Waals surface area contributed by atoms with Gasteiger partial charge in [0.05, 0.1) is 24.7 Å². The maximum atomic E-state index is 6.12. The zero-order valence-corrected chi connectivity index (χ0v) is 15.2. The number of methoxy groups -OCH3 is 1. The quantitative estimate of drug-likeness (QED) is 0.541. The van der Waals surface area contributed by atoms with E-state index in [-0.39, 0.29) is 5.95 Å². The highest BCUT2D eigenvalue weighted by Gasteiger charge is 2.16. The van der Waals surface area contributed by atoms with Crippen LogP contribution in [-0.4, -0.2) is 26.6 Å². The Labute approximate surface area is 146 Å². The predicted octanol–water partition coefficient (Wildman–Crippen LogP) is 3.50. The number of anilines is 1. The van der Waals surface area contributed by atoms with Gasteiger partial charge in [0.1, 0.15) is 21.2 Å². The van der Waals surface area contributed by atoms with E-state index in [1.54, 1.807) is 7.11 Å². The van der Waals surface area contributed by atoms with Crippen LogP contribution in [-0.2, 0) is 6.54 Å². The van der Waals surface area contributed by atoms with E-state index in [0.29, 0.717) is 17.3 Å². The molecule has 0 unspecified atom stereocenters. The van der Waals surface area contributed by atoms with Crippen LogP contribution >= 0.6 is 27.5 Å². The number of nitrogens with zero attached hydrogens (tertiary/aromatic N) is 4. The zero-order chi connectivity index (χ0) is 16.7. The fourth-order valence-corrected chi connectivity index (χ4v) is 3.21. The van der Waals surface area contributed by atoms with Crippen molar-refractivity contribution in [3.8, 4) is 5.75 Å². The highest BCUT2D eigenvalue weighted by molar-refractivity contribution is 9.10. The average molecular weight is 397 g/mol. The summed E-state index contributed by atoms with van der Waals surface area (Å²) in [5.74, 6) is 0.973. The van der Waals surface area contributed by atoms with Gasteiger partial charge in [-0.25, -0.2) is 9.97 Å². The lowest BCUT2D eigenvalue weighted by atomic mass is 10.1. The van der Waals surface area contributed by atoms with Crippen LogP contribution in [0.1, 0.15) is 16.8 Å². The van der Waals surface area contributed by atoms with Gasteiger partial charge in [0, 0.05) is 17.3 Å². The molecule has 0 aliphatic heterocycles. The first-order chi connectivity index (χ1) is 10.9. The molecule has 0 fully saturated rings. The van der Waals surface area contributed by atoms with Crippen molar-refractivity contribution in [3.05, 3.63) is 38.8 Å². The van der Waals surface area contributed by atoms with E-state index in [0.717, 1.165) is 32.6 Å². The Hall–Kier alpha value is -1.86. The Bertz CT molecular complexity index is 909. The summed E-state index contributed by atoms with van der Waals surface area (Å²) < 4.78 is 8.20. The lowest BCUT2D eigenvalue weighted by molar-refractivity contribution is 0.406. The number of rotatable bonds is 3. The molecule has 0 aliphatic rings. The Morgan fingerprint density at radius 1 is 1.26 bits per heavy atom. The summed E-state index contributed by atoms with van der Waals surface area (Å²) in [6, 6.07) is 1.87. The highest BCUT2D eigenvalue weighted by Crippen LogP contribution is 2.31. The molecule has 0 radical (unpaired) electrons. The van der Waals surface area contributed by atoms with Crippen LogP contribution in [0, 0.1) is 13.8 Å². The first-order valence-corrected chi connectivity index (χ1v) is 8.07. The molecule has 0 aliphatic carbocycles. The van der Waals surface area contributed by atoms with Gasteiger partial charge < -0.3 is 15.0 Å². The van der Waals surface area contributed by atoms with E-state index in [2.05, 4.69) is 30.9 Å². The Kier molecular flexibility index (Phi) is 4.16. The number of halogens is 2. The Morgan fingerprint density at radius 3 is 2.70 bits per heavy atom. The van der Waals surface area contributed by atoms with Crippen LogP contribution < -0.4 is 10.5 Å². The maximum Gasteiger partial charge on any atom is 0.223 e. The molecule has 0 aromatic carbocycles. The molecule has 3 aromatic heterocycles. The number of ether oxygens (including phenoxy) is 1. The fraction of sp³-hybridized carbons (Fsp3) is 0.267. The summed E-state index contributed by atoms with van der Waals surface area (Å²) in [5.41, 5.74) is 9.22. The summed E-state index contributed by atoms with van der Waals surface area (Å²) in [6.07, 6.45) is 1.89. The predicted molar refractivity (Wildman–Crippen MR) is 94.0 cm³/mol. The number of nitrogen functional groups attached to an aromatic ring is 1. The van der Waals surface area contributed by atoms with Gasteiger partial charge in [-0.15, -0.1) is 0 Å². The number of hydrogen-bond acceptors (Lipinski definition) is 5. The van der Waals surface area contributed by atoms with Gasteiger partial charge in [0.2, 0.25) is 5.95 Å². The van der Waals surface area contributed by atoms with Crippen molar-refractivity contribution >= 4 is 44.5 Å². The molecule has 3 aromatic rings. The van der Waals surface area contributed by atoms with E-state index < -0.39 is 0 Å². The van der Waals surface area contributed by atoms with Gasteiger partial charge in [0.15, 0.2) is 0 Å². The minimum atomic E-state index is 0.148. The van der Waals surface area contributed by atoms with Gasteiger partial charge in [0.25, 0.3) is 0 Å². The minimum Gasteiger partial charge on any atom is -0.496 e. The normalized spacial score (nSPS) is 11.2. The molecule has 3 rings (SSSR count). The average Bonchev–Trinajstić information content (AvgIpc) is 2.89. The maximum absolute atomic E-state index is 6.12. The molecule has 23 heavy (non-hydrogen) atoms. The van der Waals surface area contributed by atoms with Crippen LogP contribution in [0.15, 0.2) is 16.9 Å². The van der Waals surface area contributed by atoms with E-state index in [4.69, 9.17) is 22.1 Å². The molecule has 0 spiro atoms. The van der Waals surface area contributed by atoms with Gasteiger partial charge in [-0.3, -0.25) is 0 Å². The lowest BCUT2D eigenvalue weighted by Crippen LogP contribution is -2.07. The SMILES string of the molecule is COc1c(C)c(Br)nc(Cn2ccc3c(Cl)nc(N)nc32)c1C. The summed E-state index contributed by atoms with van der Waals surface area (Å²) in [4.78, 5) is 12.9. The Balaban J connectivity index is 2.12. The van der Waals surface area contributed by atoms with Crippen LogP contribution in [0.2, 0.25) is 5.15 Å². The third-order valence-electron chi connectivity index (χ3n) is 3.77. The van der Waals surface area contributed by atoms with Crippen LogP contribution in [0.5, 0.6) is 5.75 Å². The number of pyridine rings is 1. The summed E-state index contributed by atoms with van der Waals surface area (Å²) in [5, 5.41) is 1.11. The largest absolute Gasteiger partial charge is 0.496 e. The van der Waals surface area contributed by atoms with Gasteiger partial charge in [-0.2, -0.15) is 4.98 Å². The van der Waals surface area contributed by atoms with E-state index in [1.165, 1.54) is 0 Å². The van der Waals surface area contributed by atoms with Gasteiger partial charge >= 0.3 is 0 Å². The Morgan fingerprint density at radius 2 is 2.00 bits per heavy atom. The molecule has 0 saturated heterocycles. The molecule has 2 N–H and O–H groups in total. The number of aromatic nitrogens is 4. The monoisotopic (exact) mass is 395 g/mol. The first kappa shape index (κ1) is 16.0. The molecule has 0 amide bonds. The number of nitrogens with two attached hydrogens (primary N) is 1. The second-order valence-electron chi connectivity index (χ2n) is 5.19. The second kappa shape index (κ2) is 5.98. The standard InChI is InChI=1S/C15H15BrClN5O/c1-7-10(19-12(16)8(2)11(7)23-3)6-22-5-4-9-13(17)20-15(18)21-14(9)22/h4-5H,6H2,1-3H3,(H2,18,20,21). The van der Waals surface area contributed by atoms with Crippen molar-refractivity contribution in [2.24, 2.45) is 0 Å². The van der Waals surface area contributed by atoms with E-state index in [9.17, 15) is 0 Å². The number of fused-ring (bicyclic) bond motifs is 1.